The first-order chi connectivity index (χ1) is 22.9. The molecule has 12 nitrogen and oxygen atoms in total. The predicted octanol–water partition coefficient (Wildman–Crippen LogP) is 3.82. The van der Waals surface area contributed by atoms with E-state index in [2.05, 4.69) is 10.6 Å². The van der Waals surface area contributed by atoms with Gasteiger partial charge in [0.2, 0.25) is 10.0 Å². The van der Waals surface area contributed by atoms with E-state index in [1.54, 1.807) is 6.07 Å². The zero-order valence-electron chi connectivity index (χ0n) is 28.3. The molecule has 48 heavy (non-hydrogen) atoms. The van der Waals surface area contributed by atoms with Crippen LogP contribution in [0, 0.1) is 11.8 Å². The van der Waals surface area contributed by atoms with Gasteiger partial charge in [-0.15, -0.1) is 0 Å². The molecule has 2 fully saturated rings. The van der Waals surface area contributed by atoms with Gasteiger partial charge in [0.15, 0.2) is 6.29 Å². The van der Waals surface area contributed by atoms with Crippen molar-refractivity contribution in [2.75, 3.05) is 45.2 Å². The molecule has 5 rings (SSSR count). The second kappa shape index (κ2) is 15.4. The van der Waals surface area contributed by atoms with Crippen LogP contribution in [-0.4, -0.2) is 99.2 Å². The number of carbonyl (C=O) groups excluding carboxylic acids is 2. The Morgan fingerprint density at radius 1 is 1.15 bits per heavy atom. The maximum absolute atomic E-state index is 14.3. The average molecular weight is 685 g/mol. The predicted molar refractivity (Wildman–Crippen MR) is 181 cm³/mol. The van der Waals surface area contributed by atoms with E-state index in [-0.39, 0.29) is 55.0 Å². The number of sulfonamides is 1. The van der Waals surface area contributed by atoms with Crippen LogP contribution >= 0.6 is 0 Å². The van der Waals surface area contributed by atoms with Crippen LogP contribution in [0.5, 0.6) is 0 Å². The first-order valence-electron chi connectivity index (χ1n) is 16.7. The van der Waals surface area contributed by atoms with Gasteiger partial charge >= 0.3 is 6.09 Å². The molecule has 0 aromatic heterocycles. The molecule has 2 amide bonds. The number of alkyl carbamates (subject to hydrolysis) is 1. The molecular formula is C35H48N4O8S. The molecule has 0 bridgehead atoms. The SMILES string of the molecule is CCCN(C)/C(C)=C1/C(=O)Nc2ccc(S(=O)(=O)N(CC(C)C)CC(O)C(Cc3ccccc3)NC(=O)OC3COC4OCCC34)cc21. The van der Waals surface area contributed by atoms with Crippen molar-refractivity contribution in [3.63, 3.8) is 0 Å². The average Bonchev–Trinajstić information content (AvgIpc) is 3.75. The monoisotopic (exact) mass is 684 g/mol. The van der Waals surface area contributed by atoms with Crippen LogP contribution in [0.2, 0.25) is 0 Å². The maximum Gasteiger partial charge on any atom is 0.407 e. The van der Waals surface area contributed by atoms with Crippen LogP contribution < -0.4 is 10.6 Å². The number of fused-ring (bicyclic) bond motifs is 2. The van der Waals surface area contributed by atoms with Crippen molar-refractivity contribution < 1.29 is 37.3 Å². The normalized spacial score (nSPS) is 22.7. The number of ether oxygens (including phenoxy) is 3. The van der Waals surface area contributed by atoms with Gasteiger partial charge in [-0.2, -0.15) is 4.31 Å². The van der Waals surface area contributed by atoms with E-state index in [0.717, 1.165) is 30.6 Å². The highest BCUT2D eigenvalue weighted by molar-refractivity contribution is 7.89. The second-order valence-corrected chi connectivity index (χ2v) is 15.2. The van der Waals surface area contributed by atoms with Gasteiger partial charge in [-0.25, -0.2) is 13.2 Å². The van der Waals surface area contributed by atoms with Crippen LogP contribution in [0.4, 0.5) is 10.5 Å². The third-order valence-corrected chi connectivity index (χ3v) is 11.0. The van der Waals surface area contributed by atoms with E-state index in [1.165, 1.54) is 16.4 Å². The largest absolute Gasteiger partial charge is 0.443 e. The fourth-order valence-corrected chi connectivity index (χ4v) is 8.19. The van der Waals surface area contributed by atoms with Crippen molar-refractivity contribution >= 4 is 33.3 Å². The van der Waals surface area contributed by atoms with Gasteiger partial charge in [-0.3, -0.25) is 4.79 Å². The lowest BCUT2D eigenvalue weighted by Crippen LogP contribution is -2.51. The quantitative estimate of drug-likeness (QED) is 0.253. The number of hydrogen-bond acceptors (Lipinski definition) is 9. The molecule has 0 aliphatic carbocycles. The lowest BCUT2D eigenvalue weighted by atomic mass is 10.0. The van der Waals surface area contributed by atoms with Crippen molar-refractivity contribution in [1.29, 1.82) is 0 Å². The Hall–Kier alpha value is -3.49. The first-order valence-corrected chi connectivity index (χ1v) is 18.1. The molecule has 5 atom stereocenters. The summed E-state index contributed by atoms with van der Waals surface area (Å²) in [5.41, 5.74) is 3.10. The Morgan fingerprint density at radius 3 is 2.60 bits per heavy atom. The molecule has 5 unspecified atom stereocenters. The van der Waals surface area contributed by atoms with Crippen LogP contribution in [-0.2, 0) is 35.4 Å². The lowest BCUT2D eigenvalue weighted by molar-refractivity contribution is -0.110. The summed E-state index contributed by atoms with van der Waals surface area (Å²) in [5, 5.41) is 17.3. The van der Waals surface area contributed by atoms with Crippen LogP contribution in [0.1, 0.15) is 51.7 Å². The minimum Gasteiger partial charge on any atom is -0.443 e. The molecule has 3 aliphatic rings. The standard InChI is InChI=1S/C35H48N4O8S/c1-6-15-38(5)23(4)32-27-18-25(12-13-28(27)36-33(32)41)48(43,44)39(19-22(2)3)20-30(40)29(17-24-10-8-7-9-11-24)37-35(42)47-31-21-46-34-26(31)14-16-45-34/h7-13,18,22,26,29-31,34,40H,6,14-17,19-21H2,1-5H3,(H,36,41)(H,37,42)/b32-23+. The molecule has 3 aliphatic heterocycles. The van der Waals surface area contributed by atoms with E-state index in [9.17, 15) is 23.1 Å². The molecule has 3 heterocycles. The van der Waals surface area contributed by atoms with Crippen LogP contribution in [0.15, 0.2) is 59.1 Å². The number of benzene rings is 2. The summed E-state index contributed by atoms with van der Waals surface area (Å²) in [5.74, 6) is -0.403. The fraction of sp³-hybridized carbons (Fsp3) is 0.543. The number of aliphatic hydroxyl groups excluding tert-OH is 1. The Labute approximate surface area is 283 Å². The summed E-state index contributed by atoms with van der Waals surface area (Å²) in [6, 6.07) is 13.1. The van der Waals surface area contributed by atoms with Crippen molar-refractivity contribution in [3.8, 4) is 0 Å². The van der Waals surface area contributed by atoms with Gasteiger partial charge in [-0.1, -0.05) is 51.1 Å². The topological polar surface area (TPSA) is 147 Å². The van der Waals surface area contributed by atoms with E-state index in [1.807, 2.05) is 70.0 Å². The van der Waals surface area contributed by atoms with Gasteiger partial charge < -0.3 is 34.9 Å². The third-order valence-electron chi connectivity index (χ3n) is 9.14. The van der Waals surface area contributed by atoms with Crippen molar-refractivity contribution in [3.05, 3.63) is 65.4 Å². The zero-order valence-corrected chi connectivity index (χ0v) is 29.2. The van der Waals surface area contributed by atoms with Gasteiger partial charge in [-0.05, 0) is 55.9 Å². The highest BCUT2D eigenvalue weighted by atomic mass is 32.2. The van der Waals surface area contributed by atoms with Gasteiger partial charge in [0.05, 0.1) is 41.7 Å². The number of hydrogen-bond donors (Lipinski definition) is 3. The highest BCUT2D eigenvalue weighted by Crippen LogP contribution is 2.37. The third kappa shape index (κ3) is 8.03. The Kier molecular flexibility index (Phi) is 11.5. The number of nitrogens with zero attached hydrogens (tertiary/aromatic N) is 2. The maximum atomic E-state index is 14.3. The Morgan fingerprint density at radius 2 is 1.90 bits per heavy atom. The number of allylic oxidation sites excluding steroid dienone is 1. The van der Waals surface area contributed by atoms with Gasteiger partial charge in [0.1, 0.15) is 6.10 Å². The van der Waals surface area contributed by atoms with Gasteiger partial charge in [0, 0.05) is 43.6 Å². The number of carbonyl (C=O) groups is 2. The molecular weight excluding hydrogens is 636 g/mol. The number of anilines is 1. The molecule has 0 radical (unpaired) electrons. The minimum absolute atomic E-state index is 0.00981. The zero-order chi connectivity index (χ0) is 34.6. The Bertz CT molecular complexity index is 1600. The summed E-state index contributed by atoms with van der Waals surface area (Å²) in [7, 11) is -2.25. The molecule has 2 saturated heterocycles. The summed E-state index contributed by atoms with van der Waals surface area (Å²) >= 11 is 0. The molecule has 262 valence electrons. The smallest absolute Gasteiger partial charge is 0.407 e. The van der Waals surface area contributed by atoms with Crippen LogP contribution in [0.25, 0.3) is 5.57 Å². The molecule has 13 heteroatoms. The summed E-state index contributed by atoms with van der Waals surface area (Å²) in [4.78, 5) is 28.2. The second-order valence-electron chi connectivity index (χ2n) is 13.2. The minimum atomic E-state index is -4.15. The number of rotatable bonds is 14. The van der Waals surface area contributed by atoms with E-state index >= 15 is 0 Å². The molecule has 2 aromatic carbocycles. The van der Waals surface area contributed by atoms with E-state index in [4.69, 9.17) is 14.2 Å². The summed E-state index contributed by atoms with van der Waals surface area (Å²) < 4.78 is 46.7. The fourth-order valence-electron chi connectivity index (χ4n) is 6.54. The van der Waals surface area contributed by atoms with Crippen molar-refractivity contribution in [2.45, 2.75) is 76.4 Å². The van der Waals surface area contributed by atoms with Crippen molar-refractivity contribution in [1.82, 2.24) is 14.5 Å². The van der Waals surface area contributed by atoms with E-state index < -0.39 is 34.4 Å². The number of amides is 2. The molecule has 0 saturated carbocycles. The summed E-state index contributed by atoms with van der Waals surface area (Å²) in [6.07, 6.45) is -1.01. The Balaban J connectivity index is 1.39. The van der Waals surface area contributed by atoms with Crippen LogP contribution in [0.3, 0.4) is 0 Å². The molecule has 3 N–H and O–H groups in total. The first kappa shape index (κ1) is 35.8. The van der Waals surface area contributed by atoms with Gasteiger partial charge in [0.25, 0.3) is 5.91 Å². The van der Waals surface area contributed by atoms with E-state index in [0.29, 0.717) is 23.4 Å². The molecule has 0 spiro atoms. The van der Waals surface area contributed by atoms with Crippen molar-refractivity contribution in [2.24, 2.45) is 11.8 Å². The highest BCUT2D eigenvalue weighted by Gasteiger charge is 2.44. The number of nitrogens with one attached hydrogen (secondary N) is 2. The molecule has 2 aromatic rings. The number of aliphatic hydroxyl groups is 1. The summed E-state index contributed by atoms with van der Waals surface area (Å²) in [6.45, 7) is 9.05. The lowest BCUT2D eigenvalue weighted by Gasteiger charge is -2.31.